The van der Waals surface area contributed by atoms with Crippen molar-refractivity contribution in [2.75, 3.05) is 31.1 Å². The highest BCUT2D eigenvalue weighted by atomic mass is 16.2. The van der Waals surface area contributed by atoms with Crippen molar-refractivity contribution < 1.29 is 4.79 Å². The summed E-state index contributed by atoms with van der Waals surface area (Å²) in [5.41, 5.74) is 2.56. The van der Waals surface area contributed by atoms with Gasteiger partial charge in [0.05, 0.1) is 17.3 Å². The van der Waals surface area contributed by atoms with E-state index in [1.165, 1.54) is 0 Å². The predicted molar refractivity (Wildman–Crippen MR) is 139 cm³/mol. The molecule has 1 amide bonds. The van der Waals surface area contributed by atoms with Crippen LogP contribution in [0, 0.1) is 0 Å². The molecule has 7 heteroatoms. The molecule has 1 atom stereocenters. The van der Waals surface area contributed by atoms with E-state index in [1.807, 2.05) is 76.4 Å². The maximum absolute atomic E-state index is 13.1. The zero-order chi connectivity index (χ0) is 24.2. The highest BCUT2D eigenvalue weighted by molar-refractivity contribution is 5.94. The molecule has 0 N–H and O–H groups in total. The summed E-state index contributed by atoms with van der Waals surface area (Å²) in [7, 11) is 0. The molecular formula is C28H32N6O. The number of benzene rings is 2. The quantitative estimate of drug-likeness (QED) is 0.395. The van der Waals surface area contributed by atoms with Crippen molar-refractivity contribution in [1.82, 2.24) is 24.6 Å². The van der Waals surface area contributed by atoms with E-state index in [0.717, 1.165) is 72.8 Å². The van der Waals surface area contributed by atoms with Gasteiger partial charge in [0, 0.05) is 37.7 Å². The first-order valence-electron chi connectivity index (χ1n) is 12.6. The zero-order valence-corrected chi connectivity index (χ0v) is 20.5. The normalized spacial score (nSPS) is 15.3. The second-order valence-electron chi connectivity index (χ2n) is 9.22. The van der Waals surface area contributed by atoms with Crippen LogP contribution in [0.15, 0.2) is 66.9 Å². The molecule has 7 nitrogen and oxygen atoms in total. The third kappa shape index (κ3) is 4.76. The van der Waals surface area contributed by atoms with Crippen molar-refractivity contribution in [2.24, 2.45) is 0 Å². The van der Waals surface area contributed by atoms with Gasteiger partial charge in [-0.15, -0.1) is 0 Å². The van der Waals surface area contributed by atoms with E-state index in [4.69, 9.17) is 15.1 Å². The Bertz CT molecular complexity index is 1290. The van der Waals surface area contributed by atoms with E-state index in [9.17, 15) is 4.79 Å². The van der Waals surface area contributed by atoms with Crippen molar-refractivity contribution in [3.63, 3.8) is 0 Å². The smallest absolute Gasteiger partial charge is 0.253 e. The highest BCUT2D eigenvalue weighted by Gasteiger charge is 2.25. The summed E-state index contributed by atoms with van der Waals surface area (Å²) >= 11 is 0. The fourth-order valence-corrected chi connectivity index (χ4v) is 4.79. The monoisotopic (exact) mass is 468 g/mol. The Hall–Kier alpha value is -3.74. The van der Waals surface area contributed by atoms with E-state index >= 15 is 0 Å². The van der Waals surface area contributed by atoms with E-state index in [1.54, 1.807) is 0 Å². The van der Waals surface area contributed by atoms with Gasteiger partial charge in [0.2, 0.25) is 0 Å². The second-order valence-corrected chi connectivity index (χ2v) is 9.22. The maximum atomic E-state index is 13.1. The molecule has 0 aliphatic carbocycles. The average Bonchev–Trinajstić information content (AvgIpc) is 3.18. The van der Waals surface area contributed by atoms with Crippen LogP contribution in [0.2, 0.25) is 0 Å². The minimum atomic E-state index is 0.0921. The summed E-state index contributed by atoms with van der Waals surface area (Å²) in [4.78, 5) is 27.4. The van der Waals surface area contributed by atoms with Gasteiger partial charge in [-0.1, -0.05) is 56.7 Å². The van der Waals surface area contributed by atoms with E-state index in [-0.39, 0.29) is 11.8 Å². The molecule has 0 spiro atoms. The lowest BCUT2D eigenvalue weighted by Crippen LogP contribution is -2.35. The number of carbonyl (C=O) groups excluding carboxylic acids is 1. The number of fused-ring (bicyclic) bond motifs is 1. The zero-order valence-electron chi connectivity index (χ0n) is 20.5. The molecule has 1 aliphatic rings. The molecule has 5 rings (SSSR count). The van der Waals surface area contributed by atoms with Crippen LogP contribution in [-0.2, 0) is 0 Å². The maximum Gasteiger partial charge on any atom is 0.253 e. The lowest BCUT2D eigenvalue weighted by Gasteiger charge is -2.24. The van der Waals surface area contributed by atoms with Crippen molar-refractivity contribution in [2.45, 2.75) is 39.0 Å². The van der Waals surface area contributed by atoms with Crippen LogP contribution in [0.5, 0.6) is 0 Å². The minimum Gasteiger partial charge on any atom is -0.354 e. The third-order valence-electron chi connectivity index (χ3n) is 6.69. The molecular weight excluding hydrogens is 436 g/mol. The third-order valence-corrected chi connectivity index (χ3v) is 6.69. The Morgan fingerprint density at radius 2 is 1.69 bits per heavy atom. The van der Waals surface area contributed by atoms with Crippen molar-refractivity contribution >= 4 is 22.8 Å². The minimum absolute atomic E-state index is 0.0921. The second kappa shape index (κ2) is 10.3. The molecule has 1 fully saturated rings. The first kappa shape index (κ1) is 23.0. The molecule has 4 aromatic rings. The Kier molecular flexibility index (Phi) is 6.75. The van der Waals surface area contributed by atoms with E-state index in [0.29, 0.717) is 6.54 Å². The molecule has 1 unspecified atom stereocenters. The van der Waals surface area contributed by atoms with Crippen LogP contribution < -0.4 is 4.90 Å². The number of rotatable bonds is 6. The van der Waals surface area contributed by atoms with Gasteiger partial charge in [-0.05, 0) is 37.1 Å². The molecule has 2 aromatic carbocycles. The molecule has 35 heavy (non-hydrogen) atoms. The number of hydrogen-bond acceptors (Lipinski definition) is 5. The van der Waals surface area contributed by atoms with Gasteiger partial charge in [0.1, 0.15) is 11.6 Å². The van der Waals surface area contributed by atoms with E-state index < -0.39 is 0 Å². The molecule has 0 radical (unpaired) electrons. The van der Waals surface area contributed by atoms with Gasteiger partial charge in [-0.25, -0.2) is 14.6 Å². The molecule has 180 valence electrons. The fraction of sp³-hybridized carbons (Fsp3) is 0.357. The molecule has 0 saturated carbocycles. The van der Waals surface area contributed by atoms with Gasteiger partial charge < -0.3 is 9.80 Å². The fourth-order valence-electron chi connectivity index (χ4n) is 4.79. The van der Waals surface area contributed by atoms with Crippen molar-refractivity contribution in [1.29, 1.82) is 0 Å². The summed E-state index contributed by atoms with van der Waals surface area (Å²) in [5, 5.41) is 5.65. The average molecular weight is 469 g/mol. The summed E-state index contributed by atoms with van der Waals surface area (Å²) < 4.78 is 1.91. The van der Waals surface area contributed by atoms with Gasteiger partial charge in [0.25, 0.3) is 5.91 Å². The largest absolute Gasteiger partial charge is 0.354 e. The molecule has 1 saturated heterocycles. The number of amides is 1. The van der Waals surface area contributed by atoms with Crippen molar-refractivity contribution in [3.8, 4) is 5.69 Å². The summed E-state index contributed by atoms with van der Waals surface area (Å²) in [6, 6.07) is 19.7. The van der Waals surface area contributed by atoms with Crippen LogP contribution in [-0.4, -0.2) is 56.7 Å². The topological polar surface area (TPSA) is 67.2 Å². The highest BCUT2D eigenvalue weighted by Crippen LogP contribution is 2.29. The standard InChI is InChI=1S/C28H32N6O/c1-3-11-21(2)25-30-26(24-20-29-34(27(24)31-25)23-14-8-5-9-15-23)32-16-10-17-33(19-18-32)28(35)22-12-6-4-7-13-22/h4-9,12-15,20-21H,3,10-11,16-19H2,1-2H3. The first-order valence-corrected chi connectivity index (χ1v) is 12.6. The summed E-state index contributed by atoms with van der Waals surface area (Å²) in [6.07, 6.45) is 4.88. The van der Waals surface area contributed by atoms with Gasteiger partial charge in [-0.3, -0.25) is 4.79 Å². The van der Waals surface area contributed by atoms with Crippen LogP contribution in [0.25, 0.3) is 16.7 Å². The number of carbonyl (C=O) groups is 1. The summed E-state index contributed by atoms with van der Waals surface area (Å²) in [5.74, 6) is 2.12. The van der Waals surface area contributed by atoms with Gasteiger partial charge >= 0.3 is 0 Å². The number of nitrogens with zero attached hydrogens (tertiary/aromatic N) is 6. The van der Waals surface area contributed by atoms with Crippen LogP contribution in [0.1, 0.15) is 55.2 Å². The van der Waals surface area contributed by atoms with E-state index in [2.05, 4.69) is 18.7 Å². The Balaban J connectivity index is 1.49. The lowest BCUT2D eigenvalue weighted by molar-refractivity contribution is 0.0767. The Labute approximate surface area is 206 Å². The SMILES string of the molecule is CCCC(C)c1nc(N2CCCN(C(=O)c3ccccc3)CC2)c2cnn(-c3ccccc3)c2n1. The Morgan fingerprint density at radius 1 is 0.943 bits per heavy atom. The molecule has 2 aromatic heterocycles. The number of para-hydroxylation sites is 1. The number of hydrogen-bond donors (Lipinski definition) is 0. The predicted octanol–water partition coefficient (Wildman–Crippen LogP) is 5.07. The lowest BCUT2D eigenvalue weighted by atomic mass is 10.1. The molecule has 3 heterocycles. The van der Waals surface area contributed by atoms with Gasteiger partial charge in [0.15, 0.2) is 5.65 Å². The molecule has 0 bridgehead atoms. The van der Waals surface area contributed by atoms with Crippen LogP contribution in [0.4, 0.5) is 5.82 Å². The molecule has 1 aliphatic heterocycles. The summed E-state index contributed by atoms with van der Waals surface area (Å²) in [6.45, 7) is 7.34. The first-order chi connectivity index (χ1) is 17.2. The van der Waals surface area contributed by atoms with Crippen LogP contribution >= 0.6 is 0 Å². The Morgan fingerprint density at radius 3 is 2.43 bits per heavy atom. The van der Waals surface area contributed by atoms with Crippen molar-refractivity contribution in [3.05, 3.63) is 78.2 Å². The van der Waals surface area contributed by atoms with Crippen LogP contribution in [0.3, 0.4) is 0 Å². The van der Waals surface area contributed by atoms with Gasteiger partial charge in [-0.2, -0.15) is 5.10 Å². The number of anilines is 1. The number of aromatic nitrogens is 4.